The predicted octanol–water partition coefficient (Wildman–Crippen LogP) is -0.630. The lowest BCUT2D eigenvalue weighted by atomic mass is 10.5. The molecule has 3 heterocycles. The number of aromatic nitrogens is 6. The molecule has 0 spiro atoms. The minimum atomic E-state index is -0.371. The molecule has 0 saturated carbocycles. The molecule has 0 aliphatic rings. The molecule has 8 heteroatoms. The van der Waals surface area contributed by atoms with Crippen molar-refractivity contribution in [1.29, 1.82) is 0 Å². The van der Waals surface area contributed by atoms with Crippen LogP contribution in [0.4, 0.5) is 0 Å². The second kappa shape index (κ2) is 4.70. The molecule has 0 saturated heterocycles. The summed E-state index contributed by atoms with van der Waals surface area (Å²) in [6.07, 6.45) is 4.85. The lowest BCUT2D eigenvalue weighted by molar-refractivity contribution is 0.709. The first kappa shape index (κ1) is 11.8. The topological polar surface area (TPSA) is 101 Å². The van der Waals surface area contributed by atoms with E-state index in [0.29, 0.717) is 11.2 Å². The van der Waals surface area contributed by atoms with Gasteiger partial charge in [-0.1, -0.05) is 0 Å². The summed E-state index contributed by atoms with van der Waals surface area (Å²) in [4.78, 5) is 29.4. The lowest BCUT2D eigenvalue weighted by Crippen LogP contribution is -2.36. The van der Waals surface area contributed by atoms with Gasteiger partial charge in [0.2, 0.25) is 0 Å². The fraction of sp³-hybridized carbons (Fsp3) is 0.200. The number of fused-ring (bicyclic) bond motifs is 1. The number of aryl methyl sites for hydroxylation is 1. The highest BCUT2D eigenvalue weighted by molar-refractivity contribution is 5.68. The average molecular weight is 248 g/mol. The average Bonchev–Trinajstić information content (AvgIpc) is 3.05. The van der Waals surface area contributed by atoms with Crippen molar-refractivity contribution >= 4 is 11.2 Å². The van der Waals surface area contributed by atoms with Crippen LogP contribution in [0.15, 0.2) is 34.4 Å². The number of nitrogens with one attached hydrogen (secondary N) is 2. The van der Waals surface area contributed by atoms with Crippen molar-refractivity contribution in [3.05, 3.63) is 45.6 Å². The van der Waals surface area contributed by atoms with Crippen molar-refractivity contribution in [3.8, 4) is 0 Å². The minimum Gasteiger partial charge on any atom is -0.339 e. The summed E-state index contributed by atoms with van der Waals surface area (Å²) in [7, 11) is 3.01. The van der Waals surface area contributed by atoms with E-state index in [0.717, 1.165) is 4.57 Å². The van der Waals surface area contributed by atoms with E-state index in [9.17, 15) is 9.59 Å². The molecule has 0 aliphatic carbocycles. The van der Waals surface area contributed by atoms with E-state index in [1.807, 2.05) is 6.07 Å². The third-order valence-corrected chi connectivity index (χ3v) is 2.44. The van der Waals surface area contributed by atoms with Gasteiger partial charge in [-0.15, -0.1) is 0 Å². The third kappa shape index (κ3) is 1.95. The minimum absolute atomic E-state index is 0.351. The first-order valence-corrected chi connectivity index (χ1v) is 5.15. The maximum atomic E-state index is 11.4. The molecule has 3 aromatic rings. The molecule has 0 bridgehead atoms. The van der Waals surface area contributed by atoms with Gasteiger partial charge in [-0.3, -0.25) is 19.0 Å². The van der Waals surface area contributed by atoms with E-state index in [4.69, 9.17) is 0 Å². The van der Waals surface area contributed by atoms with Crippen molar-refractivity contribution in [2.24, 2.45) is 14.1 Å². The van der Waals surface area contributed by atoms with Crippen molar-refractivity contribution in [2.45, 2.75) is 0 Å². The molecular weight excluding hydrogens is 236 g/mol. The van der Waals surface area contributed by atoms with Gasteiger partial charge < -0.3 is 4.98 Å². The first-order valence-electron chi connectivity index (χ1n) is 5.15. The van der Waals surface area contributed by atoms with Crippen molar-refractivity contribution in [3.63, 3.8) is 0 Å². The van der Waals surface area contributed by atoms with Gasteiger partial charge >= 0.3 is 5.69 Å². The zero-order valence-electron chi connectivity index (χ0n) is 9.91. The summed E-state index contributed by atoms with van der Waals surface area (Å²) in [5.74, 6) is 0. The van der Waals surface area contributed by atoms with Crippen LogP contribution in [0.5, 0.6) is 0 Å². The highest BCUT2D eigenvalue weighted by atomic mass is 16.2. The maximum absolute atomic E-state index is 11.4. The molecule has 0 unspecified atom stereocenters. The molecule has 0 radical (unpaired) electrons. The number of hydrogen-bond acceptors (Lipinski definition) is 4. The molecule has 0 aliphatic heterocycles. The summed E-state index contributed by atoms with van der Waals surface area (Å²) in [5, 5.41) is 6.21. The van der Waals surface area contributed by atoms with Crippen LogP contribution in [0.1, 0.15) is 0 Å². The van der Waals surface area contributed by atoms with Gasteiger partial charge in [-0.25, -0.2) is 9.78 Å². The Kier molecular flexibility index (Phi) is 3.09. The van der Waals surface area contributed by atoms with Crippen LogP contribution in [0.3, 0.4) is 0 Å². The molecule has 0 fully saturated rings. The zero-order chi connectivity index (χ0) is 13.1. The van der Waals surface area contributed by atoms with E-state index < -0.39 is 0 Å². The van der Waals surface area contributed by atoms with Gasteiger partial charge in [0.1, 0.15) is 5.52 Å². The monoisotopic (exact) mass is 248 g/mol. The van der Waals surface area contributed by atoms with Crippen LogP contribution in [0.25, 0.3) is 11.2 Å². The van der Waals surface area contributed by atoms with Gasteiger partial charge in [0, 0.05) is 26.5 Å². The predicted molar refractivity (Wildman–Crippen MR) is 65.2 cm³/mol. The Morgan fingerprint density at radius 2 is 2.00 bits per heavy atom. The van der Waals surface area contributed by atoms with Gasteiger partial charge in [-0.05, 0) is 6.07 Å². The normalized spacial score (nSPS) is 10.1. The Hall–Kier alpha value is -2.64. The number of aromatic amines is 2. The number of imidazole rings is 1. The highest BCUT2D eigenvalue weighted by Crippen LogP contribution is 1.97. The largest absolute Gasteiger partial charge is 0.339 e. The first-order chi connectivity index (χ1) is 8.63. The number of nitrogens with zero attached hydrogens (tertiary/aromatic N) is 4. The van der Waals surface area contributed by atoms with E-state index in [1.54, 1.807) is 19.4 Å². The summed E-state index contributed by atoms with van der Waals surface area (Å²) < 4.78 is 2.37. The number of H-pyrrole nitrogens is 2. The molecule has 18 heavy (non-hydrogen) atoms. The second-order valence-corrected chi connectivity index (χ2v) is 3.57. The summed E-state index contributed by atoms with van der Waals surface area (Å²) in [6, 6.07) is 1.83. The molecule has 8 nitrogen and oxygen atoms in total. The molecule has 94 valence electrons. The van der Waals surface area contributed by atoms with Gasteiger partial charge in [-0.2, -0.15) is 5.10 Å². The van der Waals surface area contributed by atoms with Crippen molar-refractivity contribution in [1.82, 2.24) is 29.3 Å². The van der Waals surface area contributed by atoms with E-state index in [2.05, 4.69) is 20.2 Å². The van der Waals surface area contributed by atoms with Crippen LogP contribution >= 0.6 is 0 Å². The molecule has 3 aromatic heterocycles. The Morgan fingerprint density at radius 3 is 2.56 bits per heavy atom. The molecular formula is C10H12N6O2. The van der Waals surface area contributed by atoms with Crippen LogP contribution in [0, 0.1) is 0 Å². The van der Waals surface area contributed by atoms with E-state index >= 15 is 0 Å². The lowest BCUT2D eigenvalue weighted by Gasteiger charge is -2.00. The van der Waals surface area contributed by atoms with Gasteiger partial charge in [0.05, 0.1) is 6.33 Å². The Balaban J connectivity index is 0.000000202. The van der Waals surface area contributed by atoms with Crippen LogP contribution in [0.2, 0.25) is 0 Å². The summed E-state index contributed by atoms with van der Waals surface area (Å²) in [5.41, 5.74) is 0.0119. The smallest absolute Gasteiger partial charge is 0.332 e. The van der Waals surface area contributed by atoms with Gasteiger partial charge in [0.15, 0.2) is 5.65 Å². The quantitative estimate of drug-likeness (QED) is 0.553. The fourth-order valence-electron chi connectivity index (χ4n) is 1.48. The second-order valence-electron chi connectivity index (χ2n) is 3.57. The Bertz CT molecular complexity index is 732. The fourth-order valence-corrected chi connectivity index (χ4v) is 1.48. The summed E-state index contributed by atoms with van der Waals surface area (Å²) >= 11 is 0. The molecule has 2 N–H and O–H groups in total. The third-order valence-electron chi connectivity index (χ3n) is 2.44. The van der Waals surface area contributed by atoms with Crippen LogP contribution in [-0.2, 0) is 14.1 Å². The Labute approximate surface area is 101 Å². The molecule has 3 rings (SSSR count). The molecule has 0 amide bonds. The van der Waals surface area contributed by atoms with Crippen LogP contribution < -0.4 is 11.2 Å². The molecule has 0 atom stereocenters. The number of rotatable bonds is 0. The van der Waals surface area contributed by atoms with Crippen molar-refractivity contribution < 1.29 is 0 Å². The standard InChI is InChI=1S/C7H8N4O2.C3H4N2/c1-10-5-4(8-3-9-5)6(12)11(2)7(10)13;1-2-4-5-3-1/h3H,1-2H3,(H,8,9);1-3H,(H,4,5). The maximum Gasteiger partial charge on any atom is 0.332 e. The van der Waals surface area contributed by atoms with Gasteiger partial charge in [0.25, 0.3) is 5.56 Å². The van der Waals surface area contributed by atoms with Crippen LogP contribution in [-0.4, -0.2) is 29.3 Å². The SMILES string of the molecule is Cn1c(=O)c2[nH]cnc2n(C)c1=O.c1cn[nH]c1. The summed E-state index contributed by atoms with van der Waals surface area (Å²) in [6.45, 7) is 0. The van der Waals surface area contributed by atoms with E-state index in [-0.39, 0.29) is 11.2 Å². The van der Waals surface area contributed by atoms with Crippen molar-refractivity contribution in [2.75, 3.05) is 0 Å². The molecule has 0 aromatic carbocycles. The Morgan fingerprint density at radius 1 is 1.22 bits per heavy atom. The number of hydrogen-bond donors (Lipinski definition) is 2. The highest BCUT2D eigenvalue weighted by Gasteiger charge is 2.08. The van der Waals surface area contributed by atoms with E-state index in [1.165, 1.54) is 17.9 Å². The zero-order valence-corrected chi connectivity index (χ0v) is 9.91.